The molecule has 1 unspecified atom stereocenters. The Balaban J connectivity index is 1.50. The van der Waals surface area contributed by atoms with Crippen molar-refractivity contribution < 1.29 is 9.59 Å². The fourth-order valence-electron chi connectivity index (χ4n) is 3.90. The van der Waals surface area contributed by atoms with Crippen LogP contribution < -0.4 is 5.56 Å². The number of nitrogens with one attached hydrogen (secondary N) is 1. The Morgan fingerprint density at radius 2 is 1.80 bits per heavy atom. The van der Waals surface area contributed by atoms with Crippen LogP contribution in [0.25, 0.3) is 15.3 Å². The first kappa shape index (κ1) is 18.5. The van der Waals surface area contributed by atoms with Gasteiger partial charge in [-0.05, 0) is 24.6 Å². The smallest absolute Gasteiger partial charge is 0.277 e. The fourth-order valence-corrected chi connectivity index (χ4v) is 4.83. The maximum Gasteiger partial charge on any atom is 0.277 e. The zero-order valence-corrected chi connectivity index (χ0v) is 17.0. The number of hydrogen-bond donors (Lipinski definition) is 1. The molecule has 2 aromatic carbocycles. The van der Waals surface area contributed by atoms with E-state index in [-0.39, 0.29) is 30.3 Å². The highest BCUT2D eigenvalue weighted by atomic mass is 32.1. The van der Waals surface area contributed by atoms with Gasteiger partial charge in [0, 0.05) is 12.1 Å². The molecular weight excluding hydrogens is 400 g/mol. The maximum atomic E-state index is 13.2. The highest BCUT2D eigenvalue weighted by Gasteiger charge is 2.42. The van der Waals surface area contributed by atoms with Crippen LogP contribution in [0.1, 0.15) is 29.2 Å². The first-order valence-electron chi connectivity index (χ1n) is 9.58. The Morgan fingerprint density at radius 1 is 1.07 bits per heavy atom. The average molecular weight is 418 g/mol. The molecule has 3 heterocycles. The molecule has 1 fully saturated rings. The van der Waals surface area contributed by atoms with Crippen molar-refractivity contribution in [1.82, 2.24) is 19.7 Å². The molecule has 8 heteroatoms. The number of likely N-dealkylation sites (tertiary alicyclic amines) is 1. The fraction of sp³-hybridized carbons (Fsp3) is 0.182. The number of aryl methyl sites for hydroxylation is 1. The van der Waals surface area contributed by atoms with Gasteiger partial charge in [-0.1, -0.05) is 53.8 Å². The minimum absolute atomic E-state index is 0.000551. The van der Waals surface area contributed by atoms with Crippen molar-refractivity contribution in [3.05, 3.63) is 81.8 Å². The van der Waals surface area contributed by atoms with Crippen molar-refractivity contribution in [3.8, 4) is 5.13 Å². The molecule has 1 aliphatic heterocycles. The third-order valence-electron chi connectivity index (χ3n) is 5.37. The summed E-state index contributed by atoms with van der Waals surface area (Å²) >= 11 is 1.39. The van der Waals surface area contributed by atoms with Gasteiger partial charge in [-0.2, -0.15) is 4.68 Å². The van der Waals surface area contributed by atoms with Gasteiger partial charge in [-0.3, -0.25) is 24.4 Å². The second kappa shape index (κ2) is 7.07. The predicted octanol–water partition coefficient (Wildman–Crippen LogP) is 3.13. The minimum Gasteiger partial charge on any atom is -0.293 e. The van der Waals surface area contributed by atoms with Gasteiger partial charge in [0.15, 0.2) is 0 Å². The average Bonchev–Trinajstić information content (AvgIpc) is 3.38. The Morgan fingerprint density at radius 3 is 2.57 bits per heavy atom. The van der Waals surface area contributed by atoms with E-state index in [1.165, 1.54) is 20.9 Å². The number of carbonyl (C=O) groups excluding carboxylic acids is 2. The van der Waals surface area contributed by atoms with Crippen LogP contribution >= 0.6 is 11.3 Å². The van der Waals surface area contributed by atoms with E-state index in [4.69, 9.17) is 0 Å². The molecule has 4 aromatic rings. The van der Waals surface area contributed by atoms with Gasteiger partial charge in [-0.15, -0.1) is 0 Å². The van der Waals surface area contributed by atoms with Gasteiger partial charge in [0.2, 0.25) is 16.9 Å². The summed E-state index contributed by atoms with van der Waals surface area (Å²) in [7, 11) is 0. The lowest BCUT2D eigenvalue weighted by atomic mass is 9.98. The number of nitrogens with zero attached hydrogens (tertiary/aromatic N) is 3. The van der Waals surface area contributed by atoms with Crippen LogP contribution in [0.3, 0.4) is 0 Å². The molecular formula is C22H18N4O3S. The topological polar surface area (TPSA) is 88.1 Å². The molecule has 0 aliphatic carbocycles. The summed E-state index contributed by atoms with van der Waals surface area (Å²) in [5.41, 5.74) is 2.26. The number of H-pyrrole nitrogens is 1. The SMILES string of the molecule is Cc1[nH]n(-c2nc3ccccc3s2)c(=O)c1C1CC(=O)N(Cc2ccccc2)C1=O. The van der Waals surface area contributed by atoms with E-state index in [0.717, 1.165) is 15.8 Å². The van der Waals surface area contributed by atoms with Crippen molar-refractivity contribution in [3.63, 3.8) is 0 Å². The second-order valence-electron chi connectivity index (χ2n) is 7.32. The second-order valence-corrected chi connectivity index (χ2v) is 8.32. The number of imide groups is 1. The molecule has 30 heavy (non-hydrogen) atoms. The van der Waals surface area contributed by atoms with E-state index in [1.54, 1.807) is 6.92 Å². The molecule has 1 saturated heterocycles. The van der Waals surface area contributed by atoms with Gasteiger partial charge in [-0.25, -0.2) is 4.98 Å². The van der Waals surface area contributed by atoms with Gasteiger partial charge < -0.3 is 0 Å². The quantitative estimate of drug-likeness (QED) is 0.516. The molecule has 150 valence electrons. The van der Waals surface area contributed by atoms with Crippen LogP contribution in [-0.2, 0) is 16.1 Å². The van der Waals surface area contributed by atoms with Crippen LogP contribution in [0, 0.1) is 6.92 Å². The minimum atomic E-state index is -0.777. The molecule has 0 saturated carbocycles. The molecule has 0 spiro atoms. The molecule has 2 aromatic heterocycles. The summed E-state index contributed by atoms with van der Waals surface area (Å²) in [5.74, 6) is -1.37. The molecule has 1 aliphatic rings. The van der Waals surface area contributed by atoms with Crippen LogP contribution in [-0.4, -0.2) is 31.5 Å². The van der Waals surface area contributed by atoms with Gasteiger partial charge in [0.05, 0.1) is 28.2 Å². The van der Waals surface area contributed by atoms with E-state index >= 15 is 0 Å². The van der Waals surface area contributed by atoms with Gasteiger partial charge in [0.1, 0.15) is 0 Å². The van der Waals surface area contributed by atoms with E-state index in [9.17, 15) is 14.4 Å². The van der Waals surface area contributed by atoms with Crippen LogP contribution in [0.2, 0.25) is 0 Å². The number of aromatic amines is 1. The normalized spacial score (nSPS) is 16.7. The van der Waals surface area contributed by atoms with Crippen molar-refractivity contribution in [2.45, 2.75) is 25.8 Å². The highest BCUT2D eigenvalue weighted by Crippen LogP contribution is 2.31. The summed E-state index contributed by atoms with van der Waals surface area (Å²) in [6, 6.07) is 17.0. The molecule has 0 bridgehead atoms. The van der Waals surface area contributed by atoms with Crippen molar-refractivity contribution in [1.29, 1.82) is 0 Å². The maximum absolute atomic E-state index is 13.2. The van der Waals surface area contributed by atoms with E-state index in [2.05, 4.69) is 10.1 Å². The first-order valence-corrected chi connectivity index (χ1v) is 10.4. The zero-order valence-electron chi connectivity index (χ0n) is 16.2. The monoisotopic (exact) mass is 418 g/mol. The van der Waals surface area contributed by atoms with Gasteiger partial charge >= 0.3 is 0 Å². The number of carbonyl (C=O) groups is 2. The standard InChI is InChI=1S/C22H18N4O3S/c1-13-19(15-11-18(27)25(20(15)28)12-14-7-3-2-4-8-14)21(29)26(24-13)22-23-16-9-5-6-10-17(16)30-22/h2-10,15,24H,11-12H2,1H3. The van der Waals surface area contributed by atoms with Crippen molar-refractivity contribution >= 4 is 33.4 Å². The zero-order chi connectivity index (χ0) is 20.8. The number of fused-ring (bicyclic) bond motifs is 1. The summed E-state index contributed by atoms with van der Waals surface area (Å²) in [4.78, 5) is 44.6. The summed E-state index contributed by atoms with van der Waals surface area (Å²) < 4.78 is 2.34. The Labute approximate surface area is 175 Å². The van der Waals surface area contributed by atoms with Crippen LogP contribution in [0.4, 0.5) is 0 Å². The largest absolute Gasteiger partial charge is 0.293 e. The lowest BCUT2D eigenvalue weighted by molar-refractivity contribution is -0.139. The predicted molar refractivity (Wildman–Crippen MR) is 114 cm³/mol. The molecule has 1 atom stereocenters. The van der Waals surface area contributed by atoms with Crippen LogP contribution in [0.15, 0.2) is 59.4 Å². The lowest BCUT2D eigenvalue weighted by Gasteiger charge is -2.14. The molecule has 2 amide bonds. The summed E-state index contributed by atoms with van der Waals surface area (Å²) in [6.45, 7) is 1.96. The highest BCUT2D eigenvalue weighted by molar-refractivity contribution is 7.20. The molecule has 7 nitrogen and oxygen atoms in total. The number of para-hydroxylation sites is 1. The number of aromatic nitrogens is 3. The summed E-state index contributed by atoms with van der Waals surface area (Å²) in [6.07, 6.45) is -0.000551. The first-order chi connectivity index (χ1) is 14.5. The van der Waals surface area contributed by atoms with E-state index < -0.39 is 5.92 Å². The third kappa shape index (κ3) is 2.96. The number of amides is 2. The molecule has 0 radical (unpaired) electrons. The number of rotatable bonds is 4. The van der Waals surface area contributed by atoms with Crippen molar-refractivity contribution in [2.75, 3.05) is 0 Å². The number of thiazole rings is 1. The Kier molecular flexibility index (Phi) is 4.36. The lowest BCUT2D eigenvalue weighted by Crippen LogP contribution is -2.30. The van der Waals surface area contributed by atoms with E-state index in [0.29, 0.717) is 16.4 Å². The van der Waals surface area contributed by atoms with Crippen molar-refractivity contribution in [2.24, 2.45) is 0 Å². The van der Waals surface area contributed by atoms with E-state index in [1.807, 2.05) is 54.6 Å². The third-order valence-corrected chi connectivity index (χ3v) is 6.39. The Bertz CT molecular complexity index is 1300. The number of benzene rings is 2. The van der Waals surface area contributed by atoms with Crippen LogP contribution in [0.5, 0.6) is 0 Å². The number of hydrogen-bond acceptors (Lipinski definition) is 5. The molecule has 5 rings (SSSR count). The summed E-state index contributed by atoms with van der Waals surface area (Å²) in [5, 5.41) is 3.54. The van der Waals surface area contributed by atoms with Gasteiger partial charge in [0.25, 0.3) is 5.56 Å². The molecule has 1 N–H and O–H groups in total. The Hall–Kier alpha value is -3.52.